The molecule has 0 unspecified atom stereocenters. The van der Waals surface area contributed by atoms with Gasteiger partial charge in [-0.15, -0.1) is 0 Å². The fourth-order valence-corrected chi connectivity index (χ4v) is 4.48. The first-order valence-electron chi connectivity index (χ1n) is 12.2. The number of amides is 2. The molecule has 0 fully saturated rings. The van der Waals surface area contributed by atoms with Crippen LogP contribution in [0.15, 0.2) is 109 Å². The minimum absolute atomic E-state index is 0.0549. The van der Waals surface area contributed by atoms with Crippen LogP contribution in [0.4, 0.5) is 0 Å². The highest BCUT2D eigenvalue weighted by Gasteiger charge is 2.34. The van der Waals surface area contributed by atoms with Crippen LogP contribution in [0.1, 0.15) is 33.7 Å². The van der Waals surface area contributed by atoms with E-state index in [1.807, 2.05) is 60.7 Å². The second-order valence-corrected chi connectivity index (χ2v) is 9.12. The minimum Gasteiger partial charge on any atom is -0.508 e. The van der Waals surface area contributed by atoms with Crippen LogP contribution < -0.4 is 11.5 Å². The summed E-state index contributed by atoms with van der Waals surface area (Å²) in [6.45, 7) is 0.119. The zero-order valence-corrected chi connectivity index (χ0v) is 20.8. The van der Waals surface area contributed by atoms with E-state index in [-0.39, 0.29) is 30.5 Å². The Kier molecular flexibility index (Phi) is 8.18. The Hall–Kier alpha value is -4.91. The summed E-state index contributed by atoms with van der Waals surface area (Å²) in [5.74, 6) is -1.50. The molecular weight excluding hydrogens is 476 g/mol. The first kappa shape index (κ1) is 26.2. The van der Waals surface area contributed by atoms with Gasteiger partial charge in [-0.05, 0) is 34.4 Å². The number of hydrogen-bond acceptors (Lipinski definition) is 4. The predicted molar refractivity (Wildman–Crippen MR) is 148 cm³/mol. The molecule has 4 aromatic rings. The smallest absolute Gasteiger partial charge is 0.240 e. The third-order valence-electron chi connectivity index (χ3n) is 6.48. The lowest BCUT2D eigenvalue weighted by Crippen LogP contribution is -2.50. The van der Waals surface area contributed by atoms with Gasteiger partial charge < -0.3 is 21.5 Å². The van der Waals surface area contributed by atoms with Gasteiger partial charge in [-0.2, -0.15) is 0 Å². The van der Waals surface area contributed by atoms with E-state index >= 15 is 0 Å². The molecule has 1 atom stereocenters. The van der Waals surface area contributed by atoms with Gasteiger partial charge in [0.1, 0.15) is 17.6 Å². The van der Waals surface area contributed by atoms with Crippen molar-refractivity contribution in [3.05, 3.63) is 137 Å². The first-order chi connectivity index (χ1) is 18.3. The Morgan fingerprint density at radius 3 is 1.71 bits per heavy atom. The van der Waals surface area contributed by atoms with Gasteiger partial charge in [0.05, 0.1) is 5.92 Å². The summed E-state index contributed by atoms with van der Waals surface area (Å²) in [6.07, 6.45) is 0.188. The summed E-state index contributed by atoms with van der Waals surface area (Å²) in [7, 11) is 0. The van der Waals surface area contributed by atoms with Crippen LogP contribution in [-0.4, -0.2) is 33.7 Å². The van der Waals surface area contributed by atoms with Crippen molar-refractivity contribution >= 4 is 17.6 Å². The molecule has 4 rings (SSSR count). The molecule has 0 aliphatic carbocycles. The highest BCUT2D eigenvalue weighted by atomic mass is 16.3. The number of hydrogen-bond donors (Lipinski definition) is 4. The maximum absolute atomic E-state index is 14.4. The summed E-state index contributed by atoms with van der Waals surface area (Å²) in [6, 6.07) is 31.4. The average Bonchev–Trinajstić information content (AvgIpc) is 2.93. The van der Waals surface area contributed by atoms with E-state index in [4.69, 9.17) is 16.9 Å². The largest absolute Gasteiger partial charge is 0.508 e. The van der Waals surface area contributed by atoms with Crippen LogP contribution in [-0.2, 0) is 22.6 Å². The summed E-state index contributed by atoms with van der Waals surface area (Å²) < 4.78 is 0. The number of primary amides is 1. The van der Waals surface area contributed by atoms with Crippen molar-refractivity contribution in [3.63, 3.8) is 0 Å². The number of carbonyl (C=O) groups excluding carboxylic acids is 2. The van der Waals surface area contributed by atoms with Crippen LogP contribution in [0.25, 0.3) is 0 Å². The van der Waals surface area contributed by atoms with E-state index in [0.29, 0.717) is 5.56 Å². The Morgan fingerprint density at radius 1 is 0.737 bits per heavy atom. The number of nitrogens with one attached hydrogen (secondary N) is 1. The van der Waals surface area contributed by atoms with E-state index in [1.165, 1.54) is 4.90 Å². The third-order valence-corrected chi connectivity index (χ3v) is 6.48. The van der Waals surface area contributed by atoms with Crippen LogP contribution in [0.5, 0.6) is 5.75 Å². The predicted octanol–water partition coefficient (Wildman–Crippen LogP) is 3.93. The Bertz CT molecular complexity index is 1350. The molecule has 0 aliphatic rings. The Balaban J connectivity index is 1.77. The van der Waals surface area contributed by atoms with E-state index < -0.39 is 17.9 Å². The fraction of sp³-hybridized carbons (Fsp3) is 0.129. The molecule has 2 amide bonds. The number of aromatic hydroxyl groups is 1. The molecule has 0 bridgehead atoms. The number of phenols is 1. The van der Waals surface area contributed by atoms with E-state index in [2.05, 4.69) is 0 Å². The lowest BCUT2D eigenvalue weighted by atomic mass is 9.89. The van der Waals surface area contributed by atoms with Gasteiger partial charge in [-0.25, -0.2) is 0 Å². The number of carbonyl (C=O) groups is 2. The van der Waals surface area contributed by atoms with Crippen LogP contribution in [0.2, 0.25) is 0 Å². The number of benzene rings is 4. The van der Waals surface area contributed by atoms with Crippen LogP contribution >= 0.6 is 0 Å². The van der Waals surface area contributed by atoms with Gasteiger partial charge in [-0.3, -0.25) is 15.0 Å². The molecule has 38 heavy (non-hydrogen) atoms. The van der Waals surface area contributed by atoms with Crippen LogP contribution in [0.3, 0.4) is 0 Å². The van der Waals surface area contributed by atoms with Gasteiger partial charge in [0.15, 0.2) is 0 Å². The van der Waals surface area contributed by atoms with Crippen molar-refractivity contribution in [1.29, 1.82) is 5.41 Å². The number of rotatable bonds is 10. The lowest BCUT2D eigenvalue weighted by molar-refractivity contribution is -0.140. The molecular formula is C31H30N4O3. The molecule has 0 spiro atoms. The second-order valence-electron chi connectivity index (χ2n) is 9.12. The minimum atomic E-state index is -0.950. The molecule has 4 aromatic carbocycles. The normalized spacial score (nSPS) is 11.6. The standard InChI is InChI=1S/C31H30N4O3/c32-29(33)25-15-11-21(12-16-25)19-27(30(34)37)35(20-22-13-17-26(36)18-14-22)31(38)28(23-7-3-1-4-8-23)24-9-5-2-6-10-24/h1-18,27-28,36H,19-20H2,(H3,32,33)(H2,34,37)/t27-/m1/s1. The zero-order valence-electron chi connectivity index (χ0n) is 20.8. The van der Waals surface area contributed by atoms with Crippen molar-refractivity contribution in [2.45, 2.75) is 24.9 Å². The molecule has 7 nitrogen and oxygen atoms in total. The zero-order chi connectivity index (χ0) is 27.1. The molecule has 0 saturated carbocycles. The van der Waals surface area contributed by atoms with Gasteiger partial charge in [-0.1, -0.05) is 97.1 Å². The number of amidine groups is 1. The van der Waals surface area contributed by atoms with E-state index in [0.717, 1.165) is 22.3 Å². The topological polar surface area (TPSA) is 134 Å². The average molecular weight is 507 g/mol. The number of nitrogens with two attached hydrogens (primary N) is 2. The van der Waals surface area contributed by atoms with Crippen LogP contribution in [0, 0.1) is 5.41 Å². The van der Waals surface area contributed by atoms with Gasteiger partial charge in [0, 0.05) is 18.5 Å². The molecule has 0 heterocycles. The van der Waals surface area contributed by atoms with E-state index in [1.54, 1.807) is 48.5 Å². The molecule has 6 N–H and O–H groups in total. The number of nitrogens with zero attached hydrogens (tertiary/aromatic N) is 1. The monoisotopic (exact) mass is 506 g/mol. The molecule has 7 heteroatoms. The fourth-order valence-electron chi connectivity index (χ4n) is 4.48. The Labute approximate surface area is 221 Å². The van der Waals surface area contributed by atoms with Gasteiger partial charge in [0.25, 0.3) is 0 Å². The first-order valence-corrected chi connectivity index (χ1v) is 12.2. The maximum atomic E-state index is 14.4. The van der Waals surface area contributed by atoms with Crippen molar-refractivity contribution in [2.24, 2.45) is 11.5 Å². The van der Waals surface area contributed by atoms with Crippen molar-refractivity contribution in [2.75, 3.05) is 0 Å². The number of phenolic OH excluding ortho intramolecular Hbond substituents is 1. The van der Waals surface area contributed by atoms with Crippen molar-refractivity contribution in [3.8, 4) is 5.75 Å². The number of nitrogen functional groups attached to an aromatic ring is 1. The summed E-state index contributed by atoms with van der Waals surface area (Å²) in [5, 5.41) is 17.4. The molecule has 192 valence electrons. The Morgan fingerprint density at radius 2 is 1.24 bits per heavy atom. The summed E-state index contributed by atoms with van der Waals surface area (Å²) in [4.78, 5) is 28.8. The summed E-state index contributed by atoms with van der Waals surface area (Å²) >= 11 is 0. The summed E-state index contributed by atoms with van der Waals surface area (Å²) in [5.41, 5.74) is 15.2. The highest BCUT2D eigenvalue weighted by Crippen LogP contribution is 2.29. The third kappa shape index (κ3) is 6.25. The maximum Gasteiger partial charge on any atom is 0.240 e. The van der Waals surface area contributed by atoms with Crippen molar-refractivity contribution < 1.29 is 14.7 Å². The van der Waals surface area contributed by atoms with Gasteiger partial charge >= 0.3 is 0 Å². The van der Waals surface area contributed by atoms with Gasteiger partial charge in [0.2, 0.25) is 11.8 Å². The molecule has 0 saturated heterocycles. The van der Waals surface area contributed by atoms with E-state index in [9.17, 15) is 14.7 Å². The lowest BCUT2D eigenvalue weighted by Gasteiger charge is -2.33. The second kappa shape index (κ2) is 11.9. The SMILES string of the molecule is N=C(N)c1ccc(C[C@H](C(N)=O)N(Cc2ccc(O)cc2)C(=O)C(c2ccccc2)c2ccccc2)cc1. The van der Waals surface area contributed by atoms with Crippen molar-refractivity contribution in [1.82, 2.24) is 4.90 Å². The molecule has 0 aromatic heterocycles. The highest BCUT2D eigenvalue weighted by molar-refractivity contribution is 5.95. The molecule has 0 radical (unpaired) electrons. The molecule has 0 aliphatic heterocycles. The quantitative estimate of drug-likeness (QED) is 0.191.